The van der Waals surface area contributed by atoms with Gasteiger partial charge in [0.1, 0.15) is 0 Å². The van der Waals surface area contributed by atoms with Crippen LogP contribution in [-0.2, 0) is 8.89 Å². The first-order chi connectivity index (χ1) is 4.29. The average Bonchev–Trinajstić information content (AvgIpc) is 2.15. The van der Waals surface area contributed by atoms with Crippen molar-refractivity contribution in [2.75, 3.05) is 0 Å². The average molecular weight is 146 g/mol. The van der Waals surface area contributed by atoms with Crippen molar-refractivity contribution in [1.29, 1.82) is 0 Å². The summed E-state index contributed by atoms with van der Waals surface area (Å²) < 4.78 is 14.8. The summed E-state index contributed by atoms with van der Waals surface area (Å²) >= 11 is 0. The summed E-state index contributed by atoms with van der Waals surface area (Å²) in [7, 11) is -2.67. The van der Waals surface area contributed by atoms with Crippen LogP contribution in [0, 0.1) is 0 Å². The molecule has 0 aromatic rings. The van der Waals surface area contributed by atoms with Gasteiger partial charge in [-0.15, -0.1) is 0 Å². The monoisotopic (exact) mass is 146 g/mol. The molecule has 52 valence electrons. The maximum absolute atomic E-state index is 10.1. The van der Waals surface area contributed by atoms with E-state index in [0.29, 0.717) is 0 Å². The molecule has 0 unspecified atom stereocenters. The Balaban J connectivity index is 2.19. The number of rotatable bonds is 2. The Labute approximate surface area is 55.6 Å². The van der Waals surface area contributed by atoms with Gasteiger partial charge in [0.05, 0.1) is 6.10 Å². The second-order valence-electron chi connectivity index (χ2n) is 2.29. The highest BCUT2D eigenvalue weighted by molar-refractivity contribution is 6.24. The zero-order valence-electron chi connectivity index (χ0n) is 5.17. The zero-order valence-corrected chi connectivity index (χ0v) is 6.17. The standard InChI is InChI=1S/C5H10O3Si/c6-9(7)8-5-3-1-2-4-5/h5-6H,1-4H2. The smallest absolute Gasteiger partial charge is 0.511 e. The van der Waals surface area contributed by atoms with Gasteiger partial charge in [0.25, 0.3) is 0 Å². The molecular formula is C5H10O3Si. The second kappa shape index (κ2) is 2.96. The molecule has 1 fully saturated rings. The van der Waals surface area contributed by atoms with E-state index in [-0.39, 0.29) is 6.10 Å². The lowest BCUT2D eigenvalue weighted by molar-refractivity contribution is 0.151. The van der Waals surface area contributed by atoms with Crippen molar-refractivity contribution in [2.45, 2.75) is 31.8 Å². The fourth-order valence-electron chi connectivity index (χ4n) is 1.15. The van der Waals surface area contributed by atoms with Gasteiger partial charge in [-0.25, -0.2) is 0 Å². The van der Waals surface area contributed by atoms with Crippen molar-refractivity contribution in [3.05, 3.63) is 0 Å². The molecule has 0 radical (unpaired) electrons. The van der Waals surface area contributed by atoms with Gasteiger partial charge in [-0.2, -0.15) is 0 Å². The first kappa shape index (κ1) is 6.73. The molecule has 3 nitrogen and oxygen atoms in total. The Hall–Kier alpha value is -0.383. The molecular weight excluding hydrogens is 136 g/mol. The molecule has 0 aliphatic heterocycles. The third-order valence-electron chi connectivity index (χ3n) is 1.57. The van der Waals surface area contributed by atoms with E-state index < -0.39 is 9.17 Å². The van der Waals surface area contributed by atoms with Crippen LogP contribution in [0.1, 0.15) is 25.7 Å². The molecule has 0 bridgehead atoms. The van der Waals surface area contributed by atoms with E-state index in [1.54, 1.807) is 0 Å². The van der Waals surface area contributed by atoms with Crippen molar-refractivity contribution >= 4 is 9.17 Å². The molecule has 9 heavy (non-hydrogen) atoms. The maximum atomic E-state index is 10.1. The third kappa shape index (κ3) is 2.13. The van der Waals surface area contributed by atoms with Crippen molar-refractivity contribution < 1.29 is 13.7 Å². The Morgan fingerprint density at radius 1 is 1.44 bits per heavy atom. The number of hydrogen-bond donors (Lipinski definition) is 1. The molecule has 0 spiro atoms. The fraction of sp³-hybridized carbons (Fsp3) is 1.00. The fourth-order valence-corrected chi connectivity index (χ4v) is 1.67. The van der Waals surface area contributed by atoms with Crippen molar-refractivity contribution in [1.82, 2.24) is 0 Å². The lowest BCUT2D eigenvalue weighted by Gasteiger charge is -2.05. The van der Waals surface area contributed by atoms with Gasteiger partial charge in [0, 0.05) is 0 Å². The first-order valence-electron chi connectivity index (χ1n) is 3.18. The second-order valence-corrected chi connectivity index (χ2v) is 3.06. The van der Waals surface area contributed by atoms with E-state index in [9.17, 15) is 4.46 Å². The molecule has 0 amide bonds. The summed E-state index contributed by atoms with van der Waals surface area (Å²) in [5, 5.41) is 0. The number of hydrogen-bond acceptors (Lipinski definition) is 2. The molecule has 0 heterocycles. The SMILES string of the molecule is O=[Si](O)OC1CCCC1. The highest BCUT2D eigenvalue weighted by Gasteiger charge is 2.19. The normalized spacial score (nSPS) is 20.0. The Kier molecular flexibility index (Phi) is 2.21. The Morgan fingerprint density at radius 2 is 2.00 bits per heavy atom. The summed E-state index contributed by atoms with van der Waals surface area (Å²) in [4.78, 5) is 8.34. The van der Waals surface area contributed by atoms with Gasteiger partial charge < -0.3 is 9.22 Å². The minimum absolute atomic E-state index is 0.0707. The van der Waals surface area contributed by atoms with Crippen LogP contribution in [0.15, 0.2) is 0 Å². The van der Waals surface area contributed by atoms with Gasteiger partial charge in [-0.05, 0) is 25.7 Å². The topological polar surface area (TPSA) is 46.5 Å². The van der Waals surface area contributed by atoms with E-state index in [0.717, 1.165) is 25.7 Å². The Morgan fingerprint density at radius 3 is 2.44 bits per heavy atom. The van der Waals surface area contributed by atoms with E-state index >= 15 is 0 Å². The highest BCUT2D eigenvalue weighted by atomic mass is 28.3. The summed E-state index contributed by atoms with van der Waals surface area (Å²) in [6, 6.07) is 0. The summed E-state index contributed by atoms with van der Waals surface area (Å²) in [5.74, 6) is 0. The molecule has 1 N–H and O–H groups in total. The van der Waals surface area contributed by atoms with Crippen molar-refractivity contribution in [2.24, 2.45) is 0 Å². The van der Waals surface area contributed by atoms with Gasteiger partial charge in [-0.1, -0.05) is 0 Å². The molecule has 1 aliphatic carbocycles. The molecule has 0 atom stereocenters. The predicted molar refractivity (Wildman–Crippen MR) is 32.0 cm³/mol. The van der Waals surface area contributed by atoms with Crippen LogP contribution in [0.5, 0.6) is 0 Å². The highest BCUT2D eigenvalue weighted by Crippen LogP contribution is 2.20. The molecule has 0 aromatic carbocycles. The first-order valence-corrected chi connectivity index (χ1v) is 4.45. The van der Waals surface area contributed by atoms with Crippen molar-refractivity contribution in [3.8, 4) is 0 Å². The zero-order chi connectivity index (χ0) is 6.69. The summed E-state index contributed by atoms with van der Waals surface area (Å²) in [5.41, 5.74) is 0. The van der Waals surface area contributed by atoms with E-state index in [1.807, 2.05) is 0 Å². The lowest BCUT2D eigenvalue weighted by Crippen LogP contribution is -2.15. The Bertz CT molecular complexity index is 109. The van der Waals surface area contributed by atoms with Crippen LogP contribution in [0.3, 0.4) is 0 Å². The van der Waals surface area contributed by atoms with Crippen LogP contribution in [0.2, 0.25) is 0 Å². The summed E-state index contributed by atoms with van der Waals surface area (Å²) in [6.07, 6.45) is 4.26. The predicted octanol–water partition coefficient (Wildman–Crippen LogP) is 0.353. The van der Waals surface area contributed by atoms with Crippen LogP contribution in [-0.4, -0.2) is 20.1 Å². The van der Waals surface area contributed by atoms with Gasteiger partial charge in [-0.3, -0.25) is 4.46 Å². The van der Waals surface area contributed by atoms with Crippen LogP contribution < -0.4 is 0 Å². The molecule has 0 aromatic heterocycles. The van der Waals surface area contributed by atoms with Gasteiger partial charge >= 0.3 is 9.17 Å². The van der Waals surface area contributed by atoms with Crippen molar-refractivity contribution in [3.63, 3.8) is 0 Å². The van der Waals surface area contributed by atoms with Crippen LogP contribution in [0.4, 0.5) is 0 Å². The van der Waals surface area contributed by atoms with Gasteiger partial charge in [0.2, 0.25) is 0 Å². The molecule has 1 saturated carbocycles. The van der Waals surface area contributed by atoms with E-state index in [1.165, 1.54) is 0 Å². The minimum Gasteiger partial charge on any atom is -0.511 e. The molecule has 0 saturated heterocycles. The molecule has 1 aliphatic rings. The maximum Gasteiger partial charge on any atom is 0.764 e. The van der Waals surface area contributed by atoms with Crippen LogP contribution in [0.25, 0.3) is 0 Å². The van der Waals surface area contributed by atoms with Gasteiger partial charge in [0.15, 0.2) is 0 Å². The largest absolute Gasteiger partial charge is 0.764 e. The molecule has 1 rings (SSSR count). The van der Waals surface area contributed by atoms with E-state index in [2.05, 4.69) is 0 Å². The quantitative estimate of drug-likeness (QED) is 0.572. The van der Waals surface area contributed by atoms with Crippen LogP contribution >= 0.6 is 0 Å². The minimum atomic E-state index is -2.67. The third-order valence-corrected chi connectivity index (χ3v) is 2.10. The van der Waals surface area contributed by atoms with E-state index in [4.69, 9.17) is 9.22 Å². The molecule has 4 heteroatoms. The summed E-state index contributed by atoms with van der Waals surface area (Å²) in [6.45, 7) is 0. The lowest BCUT2D eigenvalue weighted by atomic mass is 10.3.